The maximum Gasteiger partial charge on any atom is 0.255 e. The van der Waals surface area contributed by atoms with E-state index in [2.05, 4.69) is 5.32 Å². The number of hydrogen-bond acceptors (Lipinski definition) is 4. The number of amides is 2. The molecule has 1 fully saturated rings. The first-order valence-corrected chi connectivity index (χ1v) is 8.08. The fraction of sp³-hybridized carbons (Fsp3) is 0.529. The fourth-order valence-corrected chi connectivity index (χ4v) is 2.72. The summed E-state index contributed by atoms with van der Waals surface area (Å²) in [5.41, 5.74) is 0.505. The van der Waals surface area contributed by atoms with Gasteiger partial charge in [0.1, 0.15) is 0 Å². The Kier molecular flexibility index (Phi) is 5.84. The number of rotatable bonds is 4. The normalized spacial score (nSPS) is 15.1. The van der Waals surface area contributed by atoms with Crippen LogP contribution in [0.4, 0.5) is 0 Å². The number of nitrogens with one attached hydrogen (secondary N) is 1. The summed E-state index contributed by atoms with van der Waals surface area (Å²) in [6.07, 6.45) is 4.64. The Labute approximate surface area is 136 Å². The third-order valence-electron chi connectivity index (χ3n) is 4.18. The molecule has 0 radical (unpaired) electrons. The van der Waals surface area contributed by atoms with Gasteiger partial charge in [-0.05, 0) is 31.4 Å². The van der Waals surface area contributed by atoms with Gasteiger partial charge in [-0.25, -0.2) is 0 Å². The monoisotopic (exact) mass is 320 g/mol. The van der Waals surface area contributed by atoms with Crippen molar-refractivity contribution in [3.63, 3.8) is 0 Å². The standard InChI is InChI=1S/C17H24N2O4/c1-12-6-7-13(16(22)15(12)21)17(23)18-9-8-14(20)19-10-4-2-3-5-11-19/h6-7,21-22H,2-5,8-11H2,1H3,(H,18,23). The first-order valence-electron chi connectivity index (χ1n) is 8.08. The lowest BCUT2D eigenvalue weighted by Crippen LogP contribution is -2.35. The van der Waals surface area contributed by atoms with Crippen molar-refractivity contribution >= 4 is 11.8 Å². The number of phenolic OH excluding ortho intramolecular Hbond substituents is 2. The minimum Gasteiger partial charge on any atom is -0.504 e. The molecule has 126 valence electrons. The van der Waals surface area contributed by atoms with Crippen molar-refractivity contribution in [1.82, 2.24) is 10.2 Å². The lowest BCUT2D eigenvalue weighted by atomic mass is 10.1. The van der Waals surface area contributed by atoms with Crippen LogP contribution >= 0.6 is 0 Å². The molecule has 0 saturated carbocycles. The number of aromatic hydroxyl groups is 2. The maximum atomic E-state index is 12.1. The van der Waals surface area contributed by atoms with Crippen LogP contribution < -0.4 is 5.32 Å². The zero-order chi connectivity index (χ0) is 16.8. The maximum absolute atomic E-state index is 12.1. The lowest BCUT2D eigenvalue weighted by Gasteiger charge is -2.20. The molecule has 1 saturated heterocycles. The van der Waals surface area contributed by atoms with Crippen molar-refractivity contribution in [2.45, 2.75) is 39.0 Å². The molecule has 1 aromatic rings. The van der Waals surface area contributed by atoms with E-state index in [1.54, 1.807) is 13.0 Å². The van der Waals surface area contributed by atoms with Crippen molar-refractivity contribution in [3.05, 3.63) is 23.3 Å². The van der Waals surface area contributed by atoms with Crippen LogP contribution in [0.25, 0.3) is 0 Å². The molecule has 1 aliphatic rings. The summed E-state index contributed by atoms with van der Waals surface area (Å²) in [5, 5.41) is 22.1. The number of phenols is 2. The summed E-state index contributed by atoms with van der Waals surface area (Å²) in [6, 6.07) is 3.02. The average molecular weight is 320 g/mol. The molecular weight excluding hydrogens is 296 g/mol. The van der Waals surface area contributed by atoms with Crippen LogP contribution in [0.1, 0.15) is 48.0 Å². The topological polar surface area (TPSA) is 89.9 Å². The van der Waals surface area contributed by atoms with E-state index >= 15 is 0 Å². The Morgan fingerprint density at radius 3 is 2.39 bits per heavy atom. The number of carbonyl (C=O) groups is 2. The third-order valence-corrected chi connectivity index (χ3v) is 4.18. The number of carbonyl (C=O) groups excluding carboxylic acids is 2. The van der Waals surface area contributed by atoms with Crippen molar-refractivity contribution < 1.29 is 19.8 Å². The molecule has 0 unspecified atom stereocenters. The first kappa shape index (κ1) is 17.1. The van der Waals surface area contributed by atoms with E-state index < -0.39 is 11.7 Å². The number of aryl methyl sites for hydroxylation is 1. The Morgan fingerprint density at radius 1 is 1.09 bits per heavy atom. The molecule has 0 atom stereocenters. The second kappa shape index (κ2) is 7.85. The zero-order valence-corrected chi connectivity index (χ0v) is 13.5. The Bertz CT molecular complexity index is 578. The van der Waals surface area contributed by atoms with Gasteiger partial charge in [-0.2, -0.15) is 0 Å². The third kappa shape index (κ3) is 4.37. The van der Waals surface area contributed by atoms with Crippen molar-refractivity contribution in [2.24, 2.45) is 0 Å². The molecule has 3 N–H and O–H groups in total. The summed E-state index contributed by atoms with van der Waals surface area (Å²) in [4.78, 5) is 26.0. The minimum absolute atomic E-state index is 0.00956. The average Bonchev–Trinajstić information content (AvgIpc) is 2.81. The number of benzene rings is 1. The van der Waals surface area contributed by atoms with E-state index in [1.807, 2.05) is 4.90 Å². The Hall–Kier alpha value is -2.24. The van der Waals surface area contributed by atoms with Gasteiger partial charge in [0.25, 0.3) is 5.91 Å². The van der Waals surface area contributed by atoms with Crippen molar-refractivity contribution in [1.29, 1.82) is 0 Å². The summed E-state index contributed by atoms with van der Waals surface area (Å²) in [5.74, 6) is -1.18. The van der Waals surface area contributed by atoms with Crippen LogP contribution in [0.15, 0.2) is 12.1 Å². The highest BCUT2D eigenvalue weighted by Gasteiger charge is 2.18. The molecule has 0 aliphatic carbocycles. The van der Waals surface area contributed by atoms with Crippen LogP contribution in [0.2, 0.25) is 0 Å². The van der Waals surface area contributed by atoms with Gasteiger partial charge in [0.05, 0.1) is 5.56 Å². The largest absolute Gasteiger partial charge is 0.504 e. The number of nitrogens with zero attached hydrogens (tertiary/aromatic N) is 1. The quantitative estimate of drug-likeness (QED) is 0.740. The van der Waals surface area contributed by atoms with Crippen LogP contribution in [-0.2, 0) is 4.79 Å². The SMILES string of the molecule is Cc1ccc(C(=O)NCCC(=O)N2CCCCCC2)c(O)c1O. The van der Waals surface area contributed by atoms with E-state index in [-0.39, 0.29) is 30.2 Å². The van der Waals surface area contributed by atoms with Crippen molar-refractivity contribution in [3.8, 4) is 11.5 Å². The Morgan fingerprint density at radius 2 is 1.74 bits per heavy atom. The molecule has 0 spiro atoms. The predicted molar refractivity (Wildman–Crippen MR) is 86.5 cm³/mol. The second-order valence-corrected chi connectivity index (χ2v) is 5.93. The highest BCUT2D eigenvalue weighted by Crippen LogP contribution is 2.31. The molecule has 0 bridgehead atoms. The van der Waals surface area contributed by atoms with Gasteiger partial charge >= 0.3 is 0 Å². The minimum atomic E-state index is -0.499. The van der Waals surface area contributed by atoms with E-state index in [0.717, 1.165) is 38.8 Å². The summed E-state index contributed by atoms with van der Waals surface area (Å²) in [7, 11) is 0. The molecule has 2 rings (SSSR count). The number of likely N-dealkylation sites (tertiary alicyclic amines) is 1. The molecule has 23 heavy (non-hydrogen) atoms. The molecule has 1 aliphatic heterocycles. The molecule has 2 amide bonds. The first-order chi connectivity index (χ1) is 11.0. The highest BCUT2D eigenvalue weighted by molar-refractivity contribution is 5.98. The summed E-state index contributed by atoms with van der Waals surface area (Å²) in [6.45, 7) is 3.43. The zero-order valence-electron chi connectivity index (χ0n) is 13.5. The molecule has 6 heteroatoms. The molecule has 6 nitrogen and oxygen atoms in total. The highest BCUT2D eigenvalue weighted by atomic mass is 16.3. The van der Waals surface area contributed by atoms with Crippen LogP contribution in [-0.4, -0.2) is 46.6 Å². The van der Waals surface area contributed by atoms with E-state index in [0.29, 0.717) is 5.56 Å². The summed E-state index contributed by atoms with van der Waals surface area (Å²) >= 11 is 0. The van der Waals surface area contributed by atoms with Gasteiger partial charge < -0.3 is 20.4 Å². The second-order valence-electron chi connectivity index (χ2n) is 5.93. The van der Waals surface area contributed by atoms with Gasteiger partial charge in [-0.1, -0.05) is 18.9 Å². The van der Waals surface area contributed by atoms with E-state index in [1.165, 1.54) is 6.07 Å². The van der Waals surface area contributed by atoms with E-state index in [9.17, 15) is 19.8 Å². The van der Waals surface area contributed by atoms with Gasteiger partial charge in [-0.3, -0.25) is 9.59 Å². The van der Waals surface area contributed by atoms with Crippen LogP contribution in [0.5, 0.6) is 11.5 Å². The van der Waals surface area contributed by atoms with Crippen LogP contribution in [0, 0.1) is 6.92 Å². The van der Waals surface area contributed by atoms with Crippen molar-refractivity contribution in [2.75, 3.05) is 19.6 Å². The molecular formula is C17H24N2O4. The fourth-order valence-electron chi connectivity index (χ4n) is 2.72. The summed E-state index contributed by atoms with van der Waals surface area (Å²) < 4.78 is 0. The smallest absolute Gasteiger partial charge is 0.255 e. The molecule has 0 aromatic heterocycles. The molecule has 1 aromatic carbocycles. The molecule has 1 heterocycles. The van der Waals surface area contributed by atoms with E-state index in [4.69, 9.17) is 0 Å². The lowest BCUT2D eigenvalue weighted by molar-refractivity contribution is -0.131. The van der Waals surface area contributed by atoms with Gasteiger partial charge in [0, 0.05) is 26.1 Å². The number of hydrogen-bond donors (Lipinski definition) is 3. The van der Waals surface area contributed by atoms with Crippen LogP contribution in [0.3, 0.4) is 0 Å². The van der Waals surface area contributed by atoms with Gasteiger partial charge in [-0.15, -0.1) is 0 Å². The van der Waals surface area contributed by atoms with Gasteiger partial charge in [0.15, 0.2) is 11.5 Å². The predicted octanol–water partition coefficient (Wildman–Crippen LogP) is 1.93. The Balaban J connectivity index is 1.85. The van der Waals surface area contributed by atoms with Gasteiger partial charge in [0.2, 0.25) is 5.91 Å².